The minimum absolute atomic E-state index is 0.0981. The third kappa shape index (κ3) is 7.37. The van der Waals surface area contributed by atoms with E-state index in [4.69, 9.17) is 5.11 Å². The lowest BCUT2D eigenvalue weighted by Crippen LogP contribution is -2.22. The number of unbranched alkanes of at least 4 members (excludes halogenated alkanes) is 5. The molecule has 4 heteroatoms. The molecule has 0 bridgehead atoms. The summed E-state index contributed by atoms with van der Waals surface area (Å²) in [4.78, 5) is 23.3. The average Bonchev–Trinajstić information content (AvgIpc) is 2.74. The molecular formula is C25H33NO3. The van der Waals surface area contributed by atoms with Crippen LogP contribution in [0, 0.1) is 0 Å². The maximum absolute atomic E-state index is 12.2. The summed E-state index contributed by atoms with van der Waals surface area (Å²) in [6.45, 7) is 4.39. The van der Waals surface area contributed by atoms with E-state index in [1.165, 1.54) is 25.7 Å². The Hall–Kier alpha value is -2.62. The summed E-state index contributed by atoms with van der Waals surface area (Å²) in [5.41, 5.74) is 3.92. The van der Waals surface area contributed by atoms with Gasteiger partial charge in [0.15, 0.2) is 0 Å². The molecule has 0 saturated carbocycles. The van der Waals surface area contributed by atoms with Crippen LogP contribution in [-0.4, -0.2) is 17.0 Å². The number of carboxylic acid groups (broad SMARTS) is 1. The Morgan fingerprint density at radius 3 is 2.28 bits per heavy atom. The van der Waals surface area contributed by atoms with Crippen LogP contribution in [0.5, 0.6) is 0 Å². The molecule has 0 radical (unpaired) electrons. The molecule has 0 heterocycles. The Morgan fingerprint density at radius 1 is 0.931 bits per heavy atom. The quantitative estimate of drug-likeness (QED) is 0.439. The van der Waals surface area contributed by atoms with Crippen LogP contribution in [0.4, 0.5) is 0 Å². The van der Waals surface area contributed by atoms with Crippen molar-refractivity contribution in [3.05, 3.63) is 59.7 Å². The maximum atomic E-state index is 12.2. The van der Waals surface area contributed by atoms with Crippen LogP contribution in [0.15, 0.2) is 48.5 Å². The van der Waals surface area contributed by atoms with E-state index in [0.29, 0.717) is 13.0 Å². The smallest absolute Gasteiger partial charge is 0.310 e. The van der Waals surface area contributed by atoms with E-state index in [1.54, 1.807) is 6.92 Å². The third-order valence-corrected chi connectivity index (χ3v) is 5.34. The SMILES string of the molecule is CCCCCCCCC(=O)NCc1ccccc1-c1ccc(C(C)C(=O)O)cc1. The first-order chi connectivity index (χ1) is 14.0. The van der Waals surface area contributed by atoms with E-state index >= 15 is 0 Å². The summed E-state index contributed by atoms with van der Waals surface area (Å²) in [6, 6.07) is 15.6. The van der Waals surface area contributed by atoms with E-state index in [-0.39, 0.29) is 5.91 Å². The Labute approximate surface area is 174 Å². The number of hydrogen-bond acceptors (Lipinski definition) is 2. The summed E-state index contributed by atoms with van der Waals surface area (Å²) >= 11 is 0. The highest BCUT2D eigenvalue weighted by Crippen LogP contribution is 2.26. The van der Waals surface area contributed by atoms with Gasteiger partial charge in [-0.05, 0) is 35.6 Å². The van der Waals surface area contributed by atoms with Gasteiger partial charge in [-0.25, -0.2) is 0 Å². The summed E-state index contributed by atoms with van der Waals surface area (Å²) < 4.78 is 0. The molecule has 1 unspecified atom stereocenters. The zero-order valence-corrected chi connectivity index (χ0v) is 17.6. The van der Waals surface area contributed by atoms with Gasteiger partial charge in [-0.15, -0.1) is 0 Å². The van der Waals surface area contributed by atoms with Gasteiger partial charge in [0.1, 0.15) is 0 Å². The van der Waals surface area contributed by atoms with Crippen LogP contribution in [0.25, 0.3) is 11.1 Å². The molecular weight excluding hydrogens is 362 g/mol. The molecule has 0 aromatic heterocycles. The summed E-state index contributed by atoms with van der Waals surface area (Å²) in [7, 11) is 0. The van der Waals surface area contributed by atoms with Gasteiger partial charge in [0.2, 0.25) is 5.91 Å². The van der Waals surface area contributed by atoms with Crippen molar-refractivity contribution in [2.24, 2.45) is 0 Å². The first-order valence-electron chi connectivity index (χ1n) is 10.7. The fraction of sp³-hybridized carbons (Fsp3) is 0.440. The number of hydrogen-bond donors (Lipinski definition) is 2. The molecule has 2 N–H and O–H groups in total. The zero-order chi connectivity index (χ0) is 21.1. The minimum Gasteiger partial charge on any atom is -0.481 e. The second-order valence-electron chi connectivity index (χ2n) is 7.63. The van der Waals surface area contributed by atoms with Crippen LogP contribution < -0.4 is 5.32 Å². The average molecular weight is 396 g/mol. The van der Waals surface area contributed by atoms with Gasteiger partial charge in [-0.1, -0.05) is 87.6 Å². The first-order valence-corrected chi connectivity index (χ1v) is 10.7. The van der Waals surface area contributed by atoms with Gasteiger partial charge in [0.05, 0.1) is 5.92 Å². The molecule has 1 atom stereocenters. The zero-order valence-electron chi connectivity index (χ0n) is 17.6. The molecule has 2 aromatic carbocycles. The second kappa shape index (κ2) is 12.1. The standard InChI is InChI=1S/C25H33NO3/c1-3-4-5-6-7-8-13-24(27)26-18-22-11-9-10-12-23(22)21-16-14-20(15-17-21)19(2)25(28)29/h9-12,14-17,19H,3-8,13,18H2,1-2H3,(H,26,27)(H,28,29). The van der Waals surface area contributed by atoms with Crippen molar-refractivity contribution in [2.75, 3.05) is 0 Å². The Morgan fingerprint density at radius 2 is 1.59 bits per heavy atom. The highest BCUT2D eigenvalue weighted by Gasteiger charge is 2.14. The van der Waals surface area contributed by atoms with Crippen molar-refractivity contribution in [1.29, 1.82) is 0 Å². The van der Waals surface area contributed by atoms with E-state index in [0.717, 1.165) is 35.1 Å². The topological polar surface area (TPSA) is 66.4 Å². The number of carbonyl (C=O) groups is 2. The molecule has 156 valence electrons. The first kappa shape index (κ1) is 22.7. The van der Waals surface area contributed by atoms with Gasteiger partial charge in [0.25, 0.3) is 0 Å². The van der Waals surface area contributed by atoms with E-state index in [1.807, 2.05) is 48.5 Å². The van der Waals surface area contributed by atoms with Gasteiger partial charge in [-0.2, -0.15) is 0 Å². The number of aliphatic carboxylic acids is 1. The predicted octanol–water partition coefficient (Wildman–Crippen LogP) is 5.91. The van der Waals surface area contributed by atoms with Crippen molar-refractivity contribution in [2.45, 2.75) is 71.3 Å². The molecule has 2 rings (SSSR count). The molecule has 0 spiro atoms. The lowest BCUT2D eigenvalue weighted by atomic mass is 9.95. The third-order valence-electron chi connectivity index (χ3n) is 5.34. The van der Waals surface area contributed by atoms with Gasteiger partial charge in [0, 0.05) is 13.0 Å². The highest BCUT2D eigenvalue weighted by molar-refractivity contribution is 5.77. The number of carboxylic acids is 1. The molecule has 0 fully saturated rings. The van der Waals surface area contributed by atoms with Crippen molar-refractivity contribution in [3.63, 3.8) is 0 Å². The van der Waals surface area contributed by atoms with Crippen molar-refractivity contribution < 1.29 is 14.7 Å². The molecule has 0 aliphatic heterocycles. The van der Waals surface area contributed by atoms with E-state index in [9.17, 15) is 9.59 Å². The van der Waals surface area contributed by atoms with Crippen molar-refractivity contribution in [1.82, 2.24) is 5.32 Å². The van der Waals surface area contributed by atoms with E-state index < -0.39 is 11.9 Å². The van der Waals surface area contributed by atoms with Crippen LogP contribution >= 0.6 is 0 Å². The van der Waals surface area contributed by atoms with Crippen LogP contribution in [0.3, 0.4) is 0 Å². The van der Waals surface area contributed by atoms with Gasteiger partial charge < -0.3 is 10.4 Å². The predicted molar refractivity (Wildman–Crippen MR) is 118 cm³/mol. The molecule has 29 heavy (non-hydrogen) atoms. The number of amides is 1. The molecule has 0 aliphatic carbocycles. The Bertz CT molecular complexity index is 783. The number of carbonyl (C=O) groups excluding carboxylic acids is 1. The largest absolute Gasteiger partial charge is 0.481 e. The lowest BCUT2D eigenvalue weighted by molar-refractivity contribution is -0.138. The lowest BCUT2D eigenvalue weighted by Gasteiger charge is -2.13. The van der Waals surface area contributed by atoms with Crippen LogP contribution in [-0.2, 0) is 16.1 Å². The minimum atomic E-state index is -0.828. The fourth-order valence-electron chi connectivity index (χ4n) is 3.40. The molecule has 0 aliphatic rings. The normalized spacial score (nSPS) is 11.8. The molecule has 2 aromatic rings. The maximum Gasteiger partial charge on any atom is 0.310 e. The monoisotopic (exact) mass is 395 g/mol. The Kier molecular flexibility index (Phi) is 9.42. The number of nitrogens with one attached hydrogen (secondary N) is 1. The van der Waals surface area contributed by atoms with Gasteiger partial charge in [-0.3, -0.25) is 9.59 Å². The summed E-state index contributed by atoms with van der Waals surface area (Å²) in [6.07, 6.45) is 7.62. The Balaban J connectivity index is 1.92. The summed E-state index contributed by atoms with van der Waals surface area (Å²) in [5, 5.41) is 12.2. The number of rotatable bonds is 12. The van der Waals surface area contributed by atoms with Crippen molar-refractivity contribution >= 4 is 11.9 Å². The van der Waals surface area contributed by atoms with Crippen molar-refractivity contribution in [3.8, 4) is 11.1 Å². The molecule has 0 saturated heterocycles. The molecule has 4 nitrogen and oxygen atoms in total. The summed E-state index contributed by atoms with van der Waals surface area (Å²) in [5.74, 6) is -1.26. The fourth-order valence-corrected chi connectivity index (χ4v) is 3.40. The van der Waals surface area contributed by atoms with Crippen LogP contribution in [0.2, 0.25) is 0 Å². The van der Waals surface area contributed by atoms with Gasteiger partial charge >= 0.3 is 5.97 Å². The second-order valence-corrected chi connectivity index (χ2v) is 7.63. The van der Waals surface area contributed by atoms with E-state index in [2.05, 4.69) is 12.2 Å². The highest BCUT2D eigenvalue weighted by atomic mass is 16.4. The number of benzene rings is 2. The molecule has 1 amide bonds. The van der Waals surface area contributed by atoms with Crippen LogP contribution in [0.1, 0.15) is 75.8 Å².